The fourth-order valence-corrected chi connectivity index (χ4v) is 2.71. The van der Waals surface area contributed by atoms with Gasteiger partial charge in [0.15, 0.2) is 0 Å². The van der Waals surface area contributed by atoms with Crippen LogP contribution in [0.5, 0.6) is 5.75 Å². The number of benzene rings is 1. The zero-order valence-corrected chi connectivity index (χ0v) is 13.5. The zero-order valence-electron chi connectivity index (χ0n) is 13.5. The van der Waals surface area contributed by atoms with Crippen molar-refractivity contribution >= 4 is 0 Å². The van der Waals surface area contributed by atoms with E-state index in [-0.39, 0.29) is 0 Å². The SMILES string of the molecule is CCC(CC)c1c(CN)nnn1CCCOc1ccccc1. The first-order chi connectivity index (χ1) is 10.8. The minimum absolute atomic E-state index is 0.451. The van der Waals surface area contributed by atoms with E-state index in [1.54, 1.807) is 0 Å². The van der Waals surface area contributed by atoms with Gasteiger partial charge in [-0.1, -0.05) is 37.3 Å². The van der Waals surface area contributed by atoms with Crippen molar-refractivity contribution in [2.24, 2.45) is 5.73 Å². The summed E-state index contributed by atoms with van der Waals surface area (Å²) in [7, 11) is 0. The highest BCUT2D eigenvalue weighted by Gasteiger charge is 2.18. The maximum absolute atomic E-state index is 5.80. The number of rotatable bonds is 9. The molecule has 0 bridgehead atoms. The number of ether oxygens (including phenoxy) is 1. The quantitative estimate of drug-likeness (QED) is 0.723. The van der Waals surface area contributed by atoms with Gasteiger partial charge in [0.05, 0.1) is 18.0 Å². The molecule has 0 radical (unpaired) electrons. The van der Waals surface area contributed by atoms with Gasteiger partial charge in [-0.15, -0.1) is 5.10 Å². The maximum atomic E-state index is 5.80. The molecule has 0 aliphatic heterocycles. The van der Waals surface area contributed by atoms with Crippen LogP contribution in [0.25, 0.3) is 0 Å². The second-order valence-corrected chi connectivity index (χ2v) is 5.38. The molecule has 0 atom stereocenters. The lowest BCUT2D eigenvalue weighted by Crippen LogP contribution is -2.13. The van der Waals surface area contributed by atoms with Crippen LogP contribution in [0.15, 0.2) is 30.3 Å². The Bertz CT molecular complexity index is 549. The summed E-state index contributed by atoms with van der Waals surface area (Å²) in [5.41, 5.74) is 7.93. The Morgan fingerprint density at radius 2 is 1.91 bits per heavy atom. The monoisotopic (exact) mass is 302 g/mol. The highest BCUT2D eigenvalue weighted by atomic mass is 16.5. The van der Waals surface area contributed by atoms with E-state index in [9.17, 15) is 0 Å². The number of aryl methyl sites for hydroxylation is 1. The molecule has 2 N–H and O–H groups in total. The molecule has 22 heavy (non-hydrogen) atoms. The van der Waals surface area contributed by atoms with Gasteiger partial charge in [0.2, 0.25) is 0 Å². The Morgan fingerprint density at radius 1 is 1.18 bits per heavy atom. The highest BCUT2D eigenvalue weighted by Crippen LogP contribution is 2.25. The van der Waals surface area contributed by atoms with E-state index in [2.05, 4.69) is 24.2 Å². The summed E-state index contributed by atoms with van der Waals surface area (Å²) >= 11 is 0. The van der Waals surface area contributed by atoms with Crippen LogP contribution in [0, 0.1) is 0 Å². The fourth-order valence-electron chi connectivity index (χ4n) is 2.71. The van der Waals surface area contributed by atoms with E-state index in [0.29, 0.717) is 19.1 Å². The summed E-state index contributed by atoms with van der Waals surface area (Å²) in [5, 5.41) is 8.51. The Labute approximate surface area is 132 Å². The van der Waals surface area contributed by atoms with Gasteiger partial charge in [-0.25, -0.2) is 4.68 Å². The smallest absolute Gasteiger partial charge is 0.119 e. The van der Waals surface area contributed by atoms with Crippen molar-refractivity contribution in [2.45, 2.75) is 52.1 Å². The Balaban J connectivity index is 1.93. The van der Waals surface area contributed by atoms with Crippen molar-refractivity contribution in [1.82, 2.24) is 15.0 Å². The second kappa shape index (κ2) is 8.54. The lowest BCUT2D eigenvalue weighted by atomic mass is 9.97. The average Bonchev–Trinajstić information content (AvgIpc) is 2.97. The first-order valence-corrected chi connectivity index (χ1v) is 8.10. The molecule has 2 aromatic rings. The molecule has 1 heterocycles. The zero-order chi connectivity index (χ0) is 15.8. The van der Waals surface area contributed by atoms with Crippen LogP contribution in [0.4, 0.5) is 0 Å². The fraction of sp³-hybridized carbons (Fsp3) is 0.529. The van der Waals surface area contributed by atoms with E-state index in [1.165, 1.54) is 5.69 Å². The van der Waals surface area contributed by atoms with E-state index in [0.717, 1.165) is 37.3 Å². The van der Waals surface area contributed by atoms with Crippen LogP contribution in [-0.2, 0) is 13.1 Å². The number of hydrogen-bond donors (Lipinski definition) is 1. The minimum Gasteiger partial charge on any atom is -0.494 e. The van der Waals surface area contributed by atoms with Crippen LogP contribution in [0.2, 0.25) is 0 Å². The third-order valence-electron chi connectivity index (χ3n) is 3.94. The first kappa shape index (κ1) is 16.5. The summed E-state index contributed by atoms with van der Waals surface area (Å²) in [5.74, 6) is 1.38. The highest BCUT2D eigenvalue weighted by molar-refractivity contribution is 5.20. The molecule has 0 saturated carbocycles. The maximum Gasteiger partial charge on any atom is 0.119 e. The summed E-state index contributed by atoms with van der Waals surface area (Å²) in [6.45, 7) is 6.33. The van der Waals surface area contributed by atoms with Crippen LogP contribution >= 0.6 is 0 Å². The molecule has 5 heteroatoms. The van der Waals surface area contributed by atoms with Crippen molar-refractivity contribution in [1.29, 1.82) is 0 Å². The summed E-state index contributed by atoms with van der Waals surface area (Å²) in [6, 6.07) is 9.88. The first-order valence-electron chi connectivity index (χ1n) is 8.10. The topological polar surface area (TPSA) is 66.0 Å². The van der Waals surface area contributed by atoms with Gasteiger partial charge >= 0.3 is 0 Å². The van der Waals surface area contributed by atoms with Crippen molar-refractivity contribution in [3.05, 3.63) is 41.7 Å². The number of nitrogens with two attached hydrogens (primary N) is 1. The Hall–Kier alpha value is -1.88. The molecule has 120 valence electrons. The van der Waals surface area contributed by atoms with Gasteiger partial charge in [-0.2, -0.15) is 0 Å². The van der Waals surface area contributed by atoms with Crippen LogP contribution in [-0.4, -0.2) is 21.6 Å². The molecule has 2 rings (SSSR count). The van der Waals surface area contributed by atoms with E-state index in [4.69, 9.17) is 10.5 Å². The van der Waals surface area contributed by atoms with Gasteiger partial charge in [0.25, 0.3) is 0 Å². The molecule has 0 unspecified atom stereocenters. The van der Waals surface area contributed by atoms with Gasteiger partial charge in [0, 0.05) is 25.4 Å². The van der Waals surface area contributed by atoms with Gasteiger partial charge in [0.1, 0.15) is 5.75 Å². The molecular weight excluding hydrogens is 276 g/mol. The molecule has 5 nitrogen and oxygen atoms in total. The largest absolute Gasteiger partial charge is 0.494 e. The molecule has 0 aliphatic rings. The van der Waals surface area contributed by atoms with E-state index >= 15 is 0 Å². The molecule has 0 aliphatic carbocycles. The van der Waals surface area contributed by atoms with E-state index in [1.807, 2.05) is 35.0 Å². The molecule has 0 fully saturated rings. The van der Waals surface area contributed by atoms with Crippen molar-refractivity contribution in [3.8, 4) is 5.75 Å². The van der Waals surface area contributed by atoms with Gasteiger partial charge < -0.3 is 10.5 Å². The van der Waals surface area contributed by atoms with Crippen LogP contribution in [0.3, 0.4) is 0 Å². The standard InChI is InChI=1S/C17H26N4O/c1-3-14(4-2)17-16(13-18)19-20-21(17)11-8-12-22-15-9-6-5-7-10-15/h5-7,9-10,14H,3-4,8,11-13,18H2,1-2H3. The Morgan fingerprint density at radius 3 is 2.55 bits per heavy atom. The minimum atomic E-state index is 0.451. The Kier molecular flexibility index (Phi) is 6.40. The lowest BCUT2D eigenvalue weighted by molar-refractivity contribution is 0.296. The van der Waals surface area contributed by atoms with Gasteiger partial charge in [-0.05, 0) is 25.0 Å². The van der Waals surface area contributed by atoms with Crippen molar-refractivity contribution in [3.63, 3.8) is 0 Å². The predicted molar refractivity (Wildman–Crippen MR) is 87.8 cm³/mol. The molecule has 0 spiro atoms. The third kappa shape index (κ3) is 4.07. The summed E-state index contributed by atoms with van der Waals surface area (Å²) in [4.78, 5) is 0. The van der Waals surface area contributed by atoms with Crippen molar-refractivity contribution < 1.29 is 4.74 Å². The van der Waals surface area contributed by atoms with Crippen LogP contribution < -0.4 is 10.5 Å². The molecule has 1 aromatic heterocycles. The summed E-state index contributed by atoms with van der Waals surface area (Å²) < 4.78 is 7.74. The second-order valence-electron chi connectivity index (χ2n) is 5.38. The van der Waals surface area contributed by atoms with Gasteiger partial charge in [-0.3, -0.25) is 0 Å². The van der Waals surface area contributed by atoms with E-state index < -0.39 is 0 Å². The molecular formula is C17H26N4O. The normalized spacial score (nSPS) is 11.1. The number of para-hydroxylation sites is 1. The number of nitrogens with zero attached hydrogens (tertiary/aromatic N) is 3. The molecule has 1 aromatic carbocycles. The van der Waals surface area contributed by atoms with Crippen molar-refractivity contribution in [2.75, 3.05) is 6.61 Å². The number of hydrogen-bond acceptors (Lipinski definition) is 4. The predicted octanol–water partition coefficient (Wildman–Crippen LogP) is 3.11. The summed E-state index contributed by atoms with van der Waals surface area (Å²) in [6.07, 6.45) is 3.06. The third-order valence-corrected chi connectivity index (χ3v) is 3.94. The number of aromatic nitrogens is 3. The lowest BCUT2D eigenvalue weighted by Gasteiger charge is -2.16. The molecule has 0 saturated heterocycles. The van der Waals surface area contributed by atoms with Crippen LogP contribution in [0.1, 0.15) is 50.4 Å². The average molecular weight is 302 g/mol. The molecule has 0 amide bonds.